The van der Waals surface area contributed by atoms with Crippen molar-refractivity contribution in [1.82, 2.24) is 0 Å². The van der Waals surface area contributed by atoms with Gasteiger partial charge < -0.3 is 4.74 Å². The summed E-state index contributed by atoms with van der Waals surface area (Å²) < 4.78 is 5.48. The molecule has 0 spiro atoms. The molecule has 87 valence electrons. The van der Waals surface area contributed by atoms with Crippen LogP contribution in [0.15, 0.2) is 30.3 Å². The van der Waals surface area contributed by atoms with Crippen molar-refractivity contribution in [2.45, 2.75) is 26.2 Å². The molecule has 0 saturated heterocycles. The van der Waals surface area contributed by atoms with E-state index in [0.717, 1.165) is 25.9 Å². The fourth-order valence-corrected chi connectivity index (χ4v) is 1.48. The fourth-order valence-electron chi connectivity index (χ4n) is 1.48. The summed E-state index contributed by atoms with van der Waals surface area (Å²) in [5, 5.41) is 0. The van der Waals surface area contributed by atoms with Crippen LogP contribution in [0.1, 0.15) is 30.4 Å². The maximum atomic E-state index is 5.48. The van der Waals surface area contributed by atoms with E-state index in [2.05, 4.69) is 50.3 Å². The first-order valence-electron chi connectivity index (χ1n) is 5.93. The molecule has 0 aliphatic rings. The standard InChI is InChI=1S/C15H21O/c1-3-4-7-12-16-13-8-11-15-10-6-5-9-14(15)2/h5-6,8-11H,1,3-4,7,12-13H2,2H3/b11-8+. The molecule has 0 amide bonds. The third-order valence-corrected chi connectivity index (χ3v) is 2.49. The van der Waals surface area contributed by atoms with Crippen LogP contribution in [0.3, 0.4) is 0 Å². The smallest absolute Gasteiger partial charge is 0.0650 e. The van der Waals surface area contributed by atoms with E-state index in [0.29, 0.717) is 6.61 Å². The van der Waals surface area contributed by atoms with Gasteiger partial charge in [0, 0.05) is 6.61 Å². The van der Waals surface area contributed by atoms with Crippen molar-refractivity contribution in [3.05, 3.63) is 48.4 Å². The molecule has 0 heterocycles. The first kappa shape index (κ1) is 13.0. The summed E-state index contributed by atoms with van der Waals surface area (Å²) >= 11 is 0. The number of hydrogen-bond donors (Lipinski definition) is 0. The van der Waals surface area contributed by atoms with E-state index in [1.54, 1.807) is 0 Å². The Morgan fingerprint density at radius 3 is 2.81 bits per heavy atom. The van der Waals surface area contributed by atoms with Crippen LogP contribution in [0, 0.1) is 13.8 Å². The van der Waals surface area contributed by atoms with Gasteiger partial charge in [-0.05, 0) is 24.5 Å². The van der Waals surface area contributed by atoms with Gasteiger partial charge in [0.2, 0.25) is 0 Å². The lowest BCUT2D eigenvalue weighted by atomic mass is 10.1. The summed E-state index contributed by atoms with van der Waals surface area (Å²) in [6, 6.07) is 8.35. The maximum absolute atomic E-state index is 5.48. The topological polar surface area (TPSA) is 9.23 Å². The summed E-state index contributed by atoms with van der Waals surface area (Å²) in [6.07, 6.45) is 7.47. The first-order valence-corrected chi connectivity index (χ1v) is 5.93. The minimum atomic E-state index is 0.700. The zero-order valence-electron chi connectivity index (χ0n) is 10.1. The SMILES string of the molecule is [CH2]CCCCOC/C=C/c1ccccc1C. The van der Waals surface area contributed by atoms with Crippen molar-refractivity contribution in [1.29, 1.82) is 0 Å². The predicted molar refractivity (Wildman–Crippen MR) is 70.2 cm³/mol. The average Bonchev–Trinajstić information content (AvgIpc) is 2.30. The molecule has 1 rings (SSSR count). The molecule has 1 nitrogen and oxygen atoms in total. The second-order valence-electron chi connectivity index (χ2n) is 3.89. The molecule has 1 heteroatoms. The van der Waals surface area contributed by atoms with Gasteiger partial charge in [0.1, 0.15) is 0 Å². The third-order valence-electron chi connectivity index (χ3n) is 2.49. The molecule has 1 aromatic carbocycles. The maximum Gasteiger partial charge on any atom is 0.0650 e. The van der Waals surface area contributed by atoms with Crippen LogP contribution in [0.2, 0.25) is 0 Å². The van der Waals surface area contributed by atoms with Gasteiger partial charge >= 0.3 is 0 Å². The van der Waals surface area contributed by atoms with Gasteiger partial charge in [0.25, 0.3) is 0 Å². The van der Waals surface area contributed by atoms with Gasteiger partial charge in [-0.1, -0.05) is 56.2 Å². The molecular formula is C15H21O. The van der Waals surface area contributed by atoms with Gasteiger partial charge in [-0.15, -0.1) is 0 Å². The van der Waals surface area contributed by atoms with E-state index in [9.17, 15) is 0 Å². The number of ether oxygens (including phenoxy) is 1. The van der Waals surface area contributed by atoms with Crippen LogP contribution in [0.5, 0.6) is 0 Å². The molecule has 0 bridgehead atoms. The Hall–Kier alpha value is -1.08. The Morgan fingerprint density at radius 1 is 1.25 bits per heavy atom. The molecule has 0 saturated carbocycles. The highest BCUT2D eigenvalue weighted by Crippen LogP contribution is 2.08. The zero-order chi connectivity index (χ0) is 11.6. The van der Waals surface area contributed by atoms with E-state index < -0.39 is 0 Å². The van der Waals surface area contributed by atoms with Crippen LogP contribution >= 0.6 is 0 Å². The van der Waals surface area contributed by atoms with Crippen molar-refractivity contribution in [2.24, 2.45) is 0 Å². The number of rotatable bonds is 7. The van der Waals surface area contributed by atoms with Gasteiger partial charge in [0.15, 0.2) is 0 Å². The highest BCUT2D eigenvalue weighted by Gasteiger charge is 1.90. The van der Waals surface area contributed by atoms with Crippen LogP contribution in [0.25, 0.3) is 6.08 Å². The molecule has 0 aliphatic carbocycles. The van der Waals surface area contributed by atoms with E-state index in [1.165, 1.54) is 11.1 Å². The lowest BCUT2D eigenvalue weighted by Gasteiger charge is -2.00. The molecule has 0 aliphatic heterocycles. The summed E-state index contributed by atoms with van der Waals surface area (Å²) in [5.41, 5.74) is 2.57. The Morgan fingerprint density at radius 2 is 2.06 bits per heavy atom. The minimum Gasteiger partial charge on any atom is -0.377 e. The lowest BCUT2D eigenvalue weighted by Crippen LogP contribution is -1.93. The van der Waals surface area contributed by atoms with E-state index >= 15 is 0 Å². The Labute approximate surface area is 99.1 Å². The fraction of sp³-hybridized carbons (Fsp3) is 0.400. The van der Waals surface area contributed by atoms with Crippen molar-refractivity contribution in [2.75, 3.05) is 13.2 Å². The summed E-state index contributed by atoms with van der Waals surface area (Å²) in [6.45, 7) is 7.46. The average molecular weight is 217 g/mol. The van der Waals surface area contributed by atoms with Crippen molar-refractivity contribution in [3.8, 4) is 0 Å². The van der Waals surface area contributed by atoms with Crippen molar-refractivity contribution < 1.29 is 4.74 Å². The normalized spacial score (nSPS) is 11.1. The third kappa shape index (κ3) is 5.13. The van der Waals surface area contributed by atoms with Crippen LogP contribution in [-0.4, -0.2) is 13.2 Å². The van der Waals surface area contributed by atoms with Crippen molar-refractivity contribution >= 4 is 6.08 Å². The monoisotopic (exact) mass is 217 g/mol. The van der Waals surface area contributed by atoms with Gasteiger partial charge in [-0.25, -0.2) is 0 Å². The van der Waals surface area contributed by atoms with Gasteiger partial charge in [0.05, 0.1) is 6.61 Å². The largest absolute Gasteiger partial charge is 0.377 e. The quantitative estimate of drug-likeness (QED) is 0.627. The number of hydrogen-bond acceptors (Lipinski definition) is 1. The van der Waals surface area contributed by atoms with E-state index in [-0.39, 0.29) is 0 Å². The molecule has 0 atom stereocenters. The molecule has 0 aromatic heterocycles. The van der Waals surface area contributed by atoms with Gasteiger partial charge in [-0.2, -0.15) is 0 Å². The first-order chi connectivity index (χ1) is 7.84. The van der Waals surface area contributed by atoms with Crippen LogP contribution < -0.4 is 0 Å². The molecule has 1 radical (unpaired) electrons. The van der Waals surface area contributed by atoms with E-state index in [4.69, 9.17) is 4.74 Å². The predicted octanol–water partition coefficient (Wildman–Crippen LogP) is 4.03. The lowest BCUT2D eigenvalue weighted by molar-refractivity contribution is 0.158. The zero-order valence-corrected chi connectivity index (χ0v) is 10.1. The molecule has 1 aromatic rings. The second kappa shape index (κ2) is 8.12. The summed E-state index contributed by atoms with van der Waals surface area (Å²) in [5.74, 6) is 0. The molecule has 0 N–H and O–H groups in total. The number of aryl methyl sites for hydroxylation is 1. The second-order valence-corrected chi connectivity index (χ2v) is 3.89. The summed E-state index contributed by atoms with van der Waals surface area (Å²) in [7, 11) is 0. The van der Waals surface area contributed by atoms with Crippen LogP contribution in [-0.2, 0) is 4.74 Å². The molecule has 16 heavy (non-hydrogen) atoms. The Kier molecular flexibility index (Phi) is 6.59. The summed E-state index contributed by atoms with van der Waals surface area (Å²) in [4.78, 5) is 0. The highest BCUT2D eigenvalue weighted by molar-refractivity contribution is 5.53. The van der Waals surface area contributed by atoms with Gasteiger partial charge in [-0.3, -0.25) is 0 Å². The number of unbranched alkanes of at least 4 members (excludes halogenated alkanes) is 2. The van der Waals surface area contributed by atoms with E-state index in [1.807, 2.05) is 0 Å². The number of benzene rings is 1. The van der Waals surface area contributed by atoms with Crippen molar-refractivity contribution in [3.63, 3.8) is 0 Å². The van der Waals surface area contributed by atoms with Crippen LogP contribution in [0.4, 0.5) is 0 Å². The Balaban J connectivity index is 2.20. The molecule has 0 fully saturated rings. The Bertz CT molecular complexity index is 315. The molecule has 0 unspecified atom stereocenters. The highest BCUT2D eigenvalue weighted by atomic mass is 16.5. The molecular weight excluding hydrogens is 196 g/mol. The minimum absolute atomic E-state index is 0.700.